The van der Waals surface area contributed by atoms with Gasteiger partial charge in [0.1, 0.15) is 5.82 Å². The van der Waals surface area contributed by atoms with Gasteiger partial charge in [0.2, 0.25) is 0 Å². The second-order valence-electron chi connectivity index (χ2n) is 5.15. The number of anilines is 2. The summed E-state index contributed by atoms with van der Waals surface area (Å²) in [4.78, 5) is 6.91. The minimum atomic E-state index is -0.275. The van der Waals surface area contributed by atoms with E-state index in [1.54, 1.807) is 6.07 Å². The van der Waals surface area contributed by atoms with Gasteiger partial charge < -0.3 is 10.6 Å². The normalized spacial score (nSPS) is 18.4. The Balaban J connectivity index is 2.12. The SMILES string of the molecule is Nc1c2c(nc3cccc(F)c13)C1CCN2CC1. The third-order valence-electron chi connectivity index (χ3n) is 4.20. The van der Waals surface area contributed by atoms with E-state index in [0.29, 0.717) is 22.5 Å². The first kappa shape index (κ1) is 10.1. The zero-order valence-corrected chi connectivity index (χ0v) is 9.99. The van der Waals surface area contributed by atoms with Gasteiger partial charge in [-0.1, -0.05) is 6.07 Å². The molecule has 18 heavy (non-hydrogen) atoms. The van der Waals surface area contributed by atoms with E-state index in [1.165, 1.54) is 6.07 Å². The van der Waals surface area contributed by atoms with E-state index < -0.39 is 0 Å². The van der Waals surface area contributed by atoms with Gasteiger partial charge >= 0.3 is 0 Å². The lowest BCUT2D eigenvalue weighted by Crippen LogP contribution is -2.39. The number of hydrogen-bond acceptors (Lipinski definition) is 3. The maximum absolute atomic E-state index is 13.9. The molecular weight excluding hydrogens is 229 g/mol. The van der Waals surface area contributed by atoms with Crippen LogP contribution in [-0.2, 0) is 0 Å². The van der Waals surface area contributed by atoms with Crippen molar-refractivity contribution in [2.45, 2.75) is 18.8 Å². The molecule has 2 N–H and O–H groups in total. The molecule has 0 amide bonds. The van der Waals surface area contributed by atoms with Crippen molar-refractivity contribution in [3.63, 3.8) is 0 Å². The lowest BCUT2D eigenvalue weighted by molar-refractivity contribution is 0.466. The molecule has 1 aromatic heterocycles. The highest BCUT2D eigenvalue weighted by Crippen LogP contribution is 2.46. The summed E-state index contributed by atoms with van der Waals surface area (Å²) in [5.74, 6) is 0.225. The number of rotatable bonds is 0. The van der Waals surface area contributed by atoms with Gasteiger partial charge in [0.15, 0.2) is 0 Å². The van der Waals surface area contributed by atoms with Crippen LogP contribution in [0.5, 0.6) is 0 Å². The molecule has 3 aliphatic rings. The second kappa shape index (κ2) is 3.34. The van der Waals surface area contributed by atoms with Crippen molar-refractivity contribution >= 4 is 22.3 Å². The number of nitrogens with two attached hydrogens (primary N) is 1. The lowest BCUT2D eigenvalue weighted by atomic mass is 9.85. The predicted molar refractivity (Wildman–Crippen MR) is 70.3 cm³/mol. The summed E-state index contributed by atoms with van der Waals surface area (Å²) in [6, 6.07) is 4.98. The number of aromatic nitrogens is 1. The molecule has 0 atom stereocenters. The van der Waals surface area contributed by atoms with Gasteiger partial charge in [-0.3, -0.25) is 4.98 Å². The van der Waals surface area contributed by atoms with Crippen molar-refractivity contribution in [3.05, 3.63) is 29.7 Å². The summed E-state index contributed by atoms with van der Waals surface area (Å²) < 4.78 is 13.9. The van der Waals surface area contributed by atoms with Crippen LogP contribution in [0.2, 0.25) is 0 Å². The number of nitrogen functional groups attached to an aromatic ring is 1. The zero-order valence-electron chi connectivity index (χ0n) is 9.99. The first-order valence-electron chi connectivity index (χ1n) is 6.38. The molecule has 1 aromatic carbocycles. The number of benzene rings is 1. The van der Waals surface area contributed by atoms with Crippen LogP contribution < -0.4 is 10.6 Å². The van der Waals surface area contributed by atoms with E-state index in [2.05, 4.69) is 9.88 Å². The van der Waals surface area contributed by atoms with E-state index in [0.717, 1.165) is 37.3 Å². The van der Waals surface area contributed by atoms with Crippen molar-refractivity contribution in [1.82, 2.24) is 4.98 Å². The Morgan fingerprint density at radius 2 is 2.06 bits per heavy atom. The second-order valence-corrected chi connectivity index (χ2v) is 5.15. The number of pyridine rings is 1. The molecule has 3 aliphatic heterocycles. The van der Waals surface area contributed by atoms with E-state index in [4.69, 9.17) is 5.73 Å². The van der Waals surface area contributed by atoms with E-state index in [-0.39, 0.29) is 5.82 Å². The van der Waals surface area contributed by atoms with Crippen molar-refractivity contribution in [1.29, 1.82) is 0 Å². The summed E-state index contributed by atoms with van der Waals surface area (Å²) in [6.45, 7) is 2.03. The fraction of sp³-hybridized carbons (Fsp3) is 0.357. The highest BCUT2D eigenvalue weighted by molar-refractivity contribution is 5.98. The molecule has 4 heterocycles. The van der Waals surface area contributed by atoms with Gasteiger partial charge in [-0.05, 0) is 25.0 Å². The minimum absolute atomic E-state index is 0.275. The first-order valence-corrected chi connectivity index (χ1v) is 6.38. The van der Waals surface area contributed by atoms with Crippen LogP contribution in [0.15, 0.2) is 18.2 Å². The lowest BCUT2D eigenvalue weighted by Gasteiger charge is -2.42. The Morgan fingerprint density at radius 1 is 1.28 bits per heavy atom. The van der Waals surface area contributed by atoms with Crippen molar-refractivity contribution in [2.24, 2.45) is 0 Å². The molecular formula is C14H14FN3. The molecule has 4 heteroatoms. The number of halogens is 1. The van der Waals surface area contributed by atoms with E-state index in [9.17, 15) is 4.39 Å². The Hall–Kier alpha value is -1.84. The summed E-state index contributed by atoms with van der Waals surface area (Å²) in [5.41, 5.74) is 9.51. The molecule has 2 aromatic rings. The molecule has 5 rings (SSSR count). The standard InChI is InChI=1S/C14H14FN3/c15-9-2-1-3-10-11(9)12(16)14-13(17-10)8-4-6-18(14)7-5-8/h1-3,8H,4-7H2,(H2,16,17). The maximum atomic E-state index is 13.9. The zero-order chi connectivity index (χ0) is 12.3. The number of fused-ring (bicyclic) bond motifs is 3. The smallest absolute Gasteiger partial charge is 0.134 e. The average molecular weight is 243 g/mol. The van der Waals surface area contributed by atoms with Crippen molar-refractivity contribution in [3.8, 4) is 0 Å². The monoisotopic (exact) mass is 243 g/mol. The van der Waals surface area contributed by atoms with Crippen LogP contribution in [0.25, 0.3) is 10.9 Å². The molecule has 0 unspecified atom stereocenters. The summed E-state index contributed by atoms with van der Waals surface area (Å²) >= 11 is 0. The third kappa shape index (κ3) is 1.15. The Kier molecular flexibility index (Phi) is 1.88. The van der Waals surface area contributed by atoms with Crippen molar-refractivity contribution in [2.75, 3.05) is 23.7 Å². The fourth-order valence-corrected chi connectivity index (χ4v) is 3.31. The highest BCUT2D eigenvalue weighted by atomic mass is 19.1. The van der Waals surface area contributed by atoms with Gasteiger partial charge in [-0.25, -0.2) is 4.39 Å². The van der Waals surface area contributed by atoms with Crippen LogP contribution in [0.3, 0.4) is 0 Å². The van der Waals surface area contributed by atoms with Crippen molar-refractivity contribution < 1.29 is 4.39 Å². The van der Waals surface area contributed by atoms with E-state index in [1.807, 2.05) is 6.07 Å². The molecule has 0 saturated carbocycles. The Bertz CT molecular complexity index is 645. The topological polar surface area (TPSA) is 42.1 Å². The molecule has 1 saturated heterocycles. The summed E-state index contributed by atoms with van der Waals surface area (Å²) in [6.07, 6.45) is 2.28. The number of nitrogens with zero attached hydrogens (tertiary/aromatic N) is 2. The van der Waals surface area contributed by atoms with Crippen LogP contribution >= 0.6 is 0 Å². The van der Waals surface area contributed by atoms with Crippen LogP contribution in [0, 0.1) is 5.82 Å². The van der Waals surface area contributed by atoms with Crippen LogP contribution in [0.1, 0.15) is 24.5 Å². The van der Waals surface area contributed by atoms with Crippen LogP contribution in [-0.4, -0.2) is 18.1 Å². The van der Waals surface area contributed by atoms with E-state index >= 15 is 0 Å². The van der Waals surface area contributed by atoms with Gasteiger partial charge in [-0.15, -0.1) is 0 Å². The quantitative estimate of drug-likeness (QED) is 0.773. The van der Waals surface area contributed by atoms with Gasteiger partial charge in [0.25, 0.3) is 0 Å². The highest BCUT2D eigenvalue weighted by Gasteiger charge is 2.34. The predicted octanol–water partition coefficient (Wildman–Crippen LogP) is 2.65. The molecule has 92 valence electrons. The molecule has 0 spiro atoms. The molecule has 1 fully saturated rings. The molecule has 3 nitrogen and oxygen atoms in total. The largest absolute Gasteiger partial charge is 0.396 e. The Morgan fingerprint density at radius 3 is 2.83 bits per heavy atom. The first-order chi connectivity index (χ1) is 8.75. The Labute approximate surface area is 104 Å². The summed E-state index contributed by atoms with van der Waals surface area (Å²) in [5, 5.41) is 0.476. The maximum Gasteiger partial charge on any atom is 0.134 e. The fourth-order valence-electron chi connectivity index (χ4n) is 3.31. The molecule has 0 radical (unpaired) electrons. The summed E-state index contributed by atoms with van der Waals surface area (Å²) in [7, 11) is 0. The van der Waals surface area contributed by atoms with Gasteiger partial charge in [0, 0.05) is 19.0 Å². The number of hydrogen-bond donors (Lipinski definition) is 1. The molecule has 2 bridgehead atoms. The van der Waals surface area contributed by atoms with Crippen LogP contribution in [0.4, 0.5) is 15.8 Å². The molecule has 0 aliphatic carbocycles. The average Bonchev–Trinajstić information content (AvgIpc) is 2.40. The van der Waals surface area contributed by atoms with Gasteiger partial charge in [0.05, 0.1) is 28.0 Å². The van der Waals surface area contributed by atoms with Gasteiger partial charge in [-0.2, -0.15) is 0 Å². The third-order valence-corrected chi connectivity index (χ3v) is 4.20. The number of piperidine rings is 1. The minimum Gasteiger partial charge on any atom is -0.396 e.